The summed E-state index contributed by atoms with van der Waals surface area (Å²) in [5, 5.41) is 21.6. The molecule has 0 unspecified atom stereocenters. The molecule has 0 radical (unpaired) electrons. The lowest BCUT2D eigenvalue weighted by Crippen LogP contribution is -2.13. The Balaban J connectivity index is 1.74. The molecular formula is C24H15Br2ClN2O4. The zero-order valence-electron chi connectivity index (χ0n) is 16.8. The van der Waals surface area contributed by atoms with E-state index in [1.807, 2.05) is 6.07 Å². The van der Waals surface area contributed by atoms with E-state index in [9.17, 15) is 14.9 Å². The van der Waals surface area contributed by atoms with Crippen LogP contribution in [0.4, 0.5) is 5.69 Å². The van der Waals surface area contributed by atoms with Gasteiger partial charge in [-0.15, -0.1) is 0 Å². The molecule has 0 saturated carbocycles. The number of anilines is 1. The van der Waals surface area contributed by atoms with Gasteiger partial charge in [0.2, 0.25) is 0 Å². The number of hydrogen-bond acceptors (Lipinski definition) is 4. The summed E-state index contributed by atoms with van der Waals surface area (Å²) < 4.78 is 7.08. The van der Waals surface area contributed by atoms with Crippen molar-refractivity contribution in [3.8, 4) is 11.8 Å². The molecule has 0 bridgehead atoms. The quantitative estimate of drug-likeness (QED) is 0.236. The topological polar surface area (TPSA) is 99.4 Å². The molecule has 166 valence electrons. The maximum Gasteiger partial charge on any atom is 0.335 e. The second-order valence-corrected chi connectivity index (χ2v) is 8.88. The summed E-state index contributed by atoms with van der Waals surface area (Å²) >= 11 is 12.8. The number of nitrogens with zero attached hydrogens (tertiary/aromatic N) is 1. The van der Waals surface area contributed by atoms with Gasteiger partial charge >= 0.3 is 5.97 Å². The highest BCUT2D eigenvalue weighted by Gasteiger charge is 2.13. The summed E-state index contributed by atoms with van der Waals surface area (Å²) in [5.41, 5.74) is 2.05. The van der Waals surface area contributed by atoms with Crippen molar-refractivity contribution in [1.29, 1.82) is 5.26 Å². The average Bonchev–Trinajstić information content (AvgIpc) is 2.78. The first kappa shape index (κ1) is 24.5. The van der Waals surface area contributed by atoms with Crippen molar-refractivity contribution < 1.29 is 19.4 Å². The second-order valence-electron chi connectivity index (χ2n) is 6.74. The number of carboxylic acids is 1. The Labute approximate surface area is 211 Å². The van der Waals surface area contributed by atoms with E-state index >= 15 is 0 Å². The van der Waals surface area contributed by atoms with E-state index in [1.54, 1.807) is 48.5 Å². The number of carbonyl (C=O) groups is 2. The van der Waals surface area contributed by atoms with Crippen molar-refractivity contribution in [3.63, 3.8) is 0 Å². The highest BCUT2D eigenvalue weighted by molar-refractivity contribution is 9.11. The highest BCUT2D eigenvalue weighted by Crippen LogP contribution is 2.36. The lowest BCUT2D eigenvalue weighted by molar-refractivity contribution is -0.112. The maximum atomic E-state index is 12.5. The molecule has 0 aliphatic heterocycles. The molecule has 0 aromatic heterocycles. The number of nitriles is 1. The fourth-order valence-electron chi connectivity index (χ4n) is 2.75. The van der Waals surface area contributed by atoms with Gasteiger partial charge in [-0.05, 0) is 97.6 Å². The Kier molecular flexibility index (Phi) is 8.28. The van der Waals surface area contributed by atoms with Gasteiger partial charge in [-0.2, -0.15) is 5.26 Å². The van der Waals surface area contributed by atoms with Crippen LogP contribution in [0.2, 0.25) is 5.02 Å². The number of rotatable bonds is 7. The SMILES string of the molecule is N#C/C(=C/c1cc(Br)c(OCc2ccc(C(=O)O)cc2)c(Br)c1)C(=O)Nc1ccc(Cl)cc1. The zero-order valence-corrected chi connectivity index (χ0v) is 20.7. The maximum absolute atomic E-state index is 12.5. The Morgan fingerprint density at radius 1 is 1.06 bits per heavy atom. The van der Waals surface area contributed by atoms with Crippen LogP contribution in [-0.4, -0.2) is 17.0 Å². The smallest absolute Gasteiger partial charge is 0.335 e. The van der Waals surface area contributed by atoms with Gasteiger partial charge in [0.15, 0.2) is 0 Å². The largest absolute Gasteiger partial charge is 0.487 e. The molecular weight excluding hydrogens is 576 g/mol. The molecule has 3 rings (SSSR count). The monoisotopic (exact) mass is 588 g/mol. The fourth-order valence-corrected chi connectivity index (χ4v) is 4.32. The van der Waals surface area contributed by atoms with Crippen molar-refractivity contribution in [1.82, 2.24) is 0 Å². The molecule has 0 fully saturated rings. The number of aromatic carboxylic acids is 1. The lowest BCUT2D eigenvalue weighted by atomic mass is 10.1. The zero-order chi connectivity index (χ0) is 24.0. The predicted octanol–water partition coefficient (Wildman–Crippen LogP) is 6.69. The predicted molar refractivity (Wildman–Crippen MR) is 133 cm³/mol. The standard InChI is InChI=1S/C24H15Br2ClN2O4/c25-20-10-15(9-17(12-28)23(30)29-19-7-5-18(27)6-8-19)11-21(26)22(20)33-13-14-1-3-16(4-2-14)24(31)32/h1-11H,13H2,(H,29,30)(H,31,32)/b17-9-. The van der Waals surface area contributed by atoms with Crippen molar-refractivity contribution in [3.05, 3.63) is 96.9 Å². The molecule has 0 heterocycles. The van der Waals surface area contributed by atoms with Crippen LogP contribution < -0.4 is 10.1 Å². The van der Waals surface area contributed by atoms with E-state index in [0.29, 0.717) is 31.0 Å². The van der Waals surface area contributed by atoms with Crippen LogP contribution in [0.3, 0.4) is 0 Å². The summed E-state index contributed by atoms with van der Waals surface area (Å²) in [6.07, 6.45) is 1.47. The van der Waals surface area contributed by atoms with Crippen LogP contribution in [0.15, 0.2) is 75.2 Å². The normalized spacial score (nSPS) is 10.9. The summed E-state index contributed by atoms with van der Waals surface area (Å²) in [7, 11) is 0. The van der Waals surface area contributed by atoms with Crippen LogP contribution >= 0.6 is 43.5 Å². The third kappa shape index (κ3) is 6.68. The van der Waals surface area contributed by atoms with Crippen LogP contribution in [0.5, 0.6) is 5.75 Å². The molecule has 0 atom stereocenters. The number of carbonyl (C=O) groups excluding carboxylic acids is 1. The van der Waals surface area contributed by atoms with Crippen LogP contribution in [0, 0.1) is 11.3 Å². The number of nitrogens with one attached hydrogen (secondary N) is 1. The highest BCUT2D eigenvalue weighted by atomic mass is 79.9. The lowest BCUT2D eigenvalue weighted by Gasteiger charge is -2.12. The Hall–Kier alpha value is -3.12. The van der Waals surface area contributed by atoms with E-state index in [0.717, 1.165) is 5.56 Å². The third-order valence-corrected chi connectivity index (χ3v) is 5.81. The molecule has 9 heteroatoms. The minimum absolute atomic E-state index is 0.0732. The van der Waals surface area contributed by atoms with E-state index in [-0.39, 0.29) is 17.7 Å². The number of benzene rings is 3. The van der Waals surface area contributed by atoms with Gasteiger partial charge in [-0.3, -0.25) is 4.79 Å². The molecule has 0 aliphatic carbocycles. The number of carboxylic acid groups (broad SMARTS) is 1. The first-order chi connectivity index (χ1) is 15.8. The Morgan fingerprint density at radius 2 is 1.67 bits per heavy atom. The van der Waals surface area contributed by atoms with Gasteiger partial charge in [0.05, 0.1) is 14.5 Å². The summed E-state index contributed by atoms with van der Waals surface area (Å²) in [6, 6.07) is 18.3. The van der Waals surface area contributed by atoms with Crippen LogP contribution in [0.1, 0.15) is 21.5 Å². The number of amides is 1. The molecule has 0 aliphatic rings. The molecule has 0 saturated heterocycles. The second kappa shape index (κ2) is 11.1. The van der Waals surface area contributed by atoms with Gasteiger partial charge in [0.1, 0.15) is 24.0 Å². The molecule has 2 N–H and O–H groups in total. The van der Waals surface area contributed by atoms with E-state index in [1.165, 1.54) is 18.2 Å². The molecule has 33 heavy (non-hydrogen) atoms. The number of halogens is 3. The Morgan fingerprint density at radius 3 is 2.21 bits per heavy atom. The van der Waals surface area contributed by atoms with Crippen molar-refractivity contribution in [2.75, 3.05) is 5.32 Å². The first-order valence-electron chi connectivity index (χ1n) is 9.39. The minimum Gasteiger partial charge on any atom is -0.487 e. The van der Waals surface area contributed by atoms with E-state index in [4.69, 9.17) is 21.4 Å². The summed E-state index contributed by atoms with van der Waals surface area (Å²) in [5.74, 6) is -1.01. The third-order valence-electron chi connectivity index (χ3n) is 4.38. The number of ether oxygens (including phenoxy) is 1. The van der Waals surface area contributed by atoms with Gasteiger partial charge < -0.3 is 15.2 Å². The Bertz CT molecular complexity index is 1240. The van der Waals surface area contributed by atoms with Gasteiger partial charge in [0, 0.05) is 10.7 Å². The number of hydrogen-bond donors (Lipinski definition) is 2. The van der Waals surface area contributed by atoms with Crippen LogP contribution in [-0.2, 0) is 11.4 Å². The van der Waals surface area contributed by atoms with Crippen molar-refractivity contribution >= 4 is 67.1 Å². The fraction of sp³-hybridized carbons (Fsp3) is 0.0417. The molecule has 1 amide bonds. The van der Waals surface area contributed by atoms with Gasteiger partial charge in [-0.1, -0.05) is 23.7 Å². The molecule has 6 nitrogen and oxygen atoms in total. The molecule has 3 aromatic rings. The average molecular weight is 591 g/mol. The first-order valence-corrected chi connectivity index (χ1v) is 11.4. The van der Waals surface area contributed by atoms with Gasteiger partial charge in [0.25, 0.3) is 5.91 Å². The molecule has 0 spiro atoms. The van der Waals surface area contributed by atoms with Crippen LogP contribution in [0.25, 0.3) is 6.08 Å². The van der Waals surface area contributed by atoms with Crippen molar-refractivity contribution in [2.24, 2.45) is 0 Å². The summed E-state index contributed by atoms with van der Waals surface area (Å²) in [6.45, 7) is 0.221. The van der Waals surface area contributed by atoms with E-state index < -0.39 is 11.9 Å². The van der Waals surface area contributed by atoms with E-state index in [2.05, 4.69) is 37.2 Å². The molecule has 3 aromatic carbocycles. The van der Waals surface area contributed by atoms with Crippen molar-refractivity contribution in [2.45, 2.75) is 6.61 Å². The summed E-state index contributed by atoms with van der Waals surface area (Å²) in [4.78, 5) is 23.4. The van der Waals surface area contributed by atoms with Gasteiger partial charge in [-0.25, -0.2) is 4.79 Å². The minimum atomic E-state index is -0.991.